The quantitative estimate of drug-likeness (QED) is 0.466. The van der Waals surface area contributed by atoms with E-state index in [2.05, 4.69) is 19.9 Å². The normalized spacial score (nSPS) is 14.2. The molecular formula is C23H21N5O4S. The zero-order valence-electron chi connectivity index (χ0n) is 17.9. The third kappa shape index (κ3) is 4.42. The predicted molar refractivity (Wildman–Crippen MR) is 121 cm³/mol. The van der Waals surface area contributed by atoms with Crippen LogP contribution in [0.15, 0.2) is 59.9 Å². The molecule has 4 aromatic rings. The SMILES string of the molecule is CS(=O)(=O)c1ccc(Oc2cc3nc(-c4ccccn4)[nH]c3cc2CN2CCCC2=O)cn1. The van der Waals surface area contributed by atoms with Gasteiger partial charge in [0.15, 0.2) is 20.7 Å². The van der Waals surface area contributed by atoms with Crippen LogP contribution < -0.4 is 4.74 Å². The molecule has 1 fully saturated rings. The highest BCUT2D eigenvalue weighted by Gasteiger charge is 2.23. The zero-order chi connectivity index (χ0) is 23.0. The fourth-order valence-corrected chi connectivity index (χ4v) is 4.33. The van der Waals surface area contributed by atoms with Gasteiger partial charge in [0.25, 0.3) is 0 Å². The first kappa shape index (κ1) is 21.1. The Bertz CT molecular complexity index is 1430. The molecule has 0 bridgehead atoms. The maximum absolute atomic E-state index is 12.2. The van der Waals surface area contributed by atoms with Crippen LogP contribution in [0.5, 0.6) is 11.5 Å². The highest BCUT2D eigenvalue weighted by molar-refractivity contribution is 7.90. The van der Waals surface area contributed by atoms with Crippen LogP contribution in [0.1, 0.15) is 18.4 Å². The van der Waals surface area contributed by atoms with E-state index in [0.29, 0.717) is 48.0 Å². The van der Waals surface area contributed by atoms with Crippen LogP contribution in [0.3, 0.4) is 0 Å². The number of likely N-dealkylation sites (tertiary alicyclic amines) is 1. The first-order valence-corrected chi connectivity index (χ1v) is 12.3. The summed E-state index contributed by atoms with van der Waals surface area (Å²) >= 11 is 0. The number of hydrogen-bond acceptors (Lipinski definition) is 7. The molecule has 0 unspecified atom stereocenters. The van der Waals surface area contributed by atoms with Crippen molar-refractivity contribution in [3.05, 3.63) is 60.4 Å². The van der Waals surface area contributed by atoms with E-state index >= 15 is 0 Å². The molecule has 33 heavy (non-hydrogen) atoms. The number of hydrogen-bond donors (Lipinski definition) is 1. The van der Waals surface area contributed by atoms with Crippen LogP contribution in [-0.2, 0) is 21.2 Å². The molecule has 0 saturated carbocycles. The molecule has 0 aliphatic carbocycles. The van der Waals surface area contributed by atoms with E-state index in [1.54, 1.807) is 23.2 Å². The van der Waals surface area contributed by atoms with Crippen molar-refractivity contribution in [2.24, 2.45) is 0 Å². The molecule has 0 atom stereocenters. The summed E-state index contributed by atoms with van der Waals surface area (Å²) < 4.78 is 29.5. The van der Waals surface area contributed by atoms with Crippen molar-refractivity contribution < 1.29 is 17.9 Å². The number of benzene rings is 1. The summed E-state index contributed by atoms with van der Waals surface area (Å²) in [6, 6.07) is 12.3. The highest BCUT2D eigenvalue weighted by Crippen LogP contribution is 2.32. The zero-order valence-corrected chi connectivity index (χ0v) is 18.7. The number of nitrogens with one attached hydrogen (secondary N) is 1. The number of nitrogens with zero attached hydrogens (tertiary/aromatic N) is 4. The van der Waals surface area contributed by atoms with Gasteiger partial charge in [0.2, 0.25) is 5.91 Å². The Hall–Kier alpha value is -3.79. The lowest BCUT2D eigenvalue weighted by Gasteiger charge is -2.18. The third-order valence-electron chi connectivity index (χ3n) is 5.42. The predicted octanol–water partition coefficient (Wildman–Crippen LogP) is 3.34. The van der Waals surface area contributed by atoms with Crippen molar-refractivity contribution in [3.8, 4) is 23.0 Å². The number of aromatic amines is 1. The molecule has 1 saturated heterocycles. The van der Waals surface area contributed by atoms with E-state index < -0.39 is 9.84 Å². The molecule has 4 heterocycles. The number of carbonyl (C=O) groups is 1. The molecule has 0 spiro atoms. The van der Waals surface area contributed by atoms with Crippen molar-refractivity contribution in [1.82, 2.24) is 24.8 Å². The van der Waals surface area contributed by atoms with Gasteiger partial charge in [0.1, 0.15) is 17.2 Å². The average molecular weight is 464 g/mol. The number of aromatic nitrogens is 4. The Kier molecular flexibility index (Phi) is 5.29. The molecular weight excluding hydrogens is 442 g/mol. The number of sulfone groups is 1. The minimum Gasteiger partial charge on any atom is -0.455 e. The Morgan fingerprint density at radius 3 is 2.70 bits per heavy atom. The van der Waals surface area contributed by atoms with E-state index in [-0.39, 0.29) is 10.9 Å². The summed E-state index contributed by atoms with van der Waals surface area (Å²) in [6.07, 6.45) is 5.56. The number of carbonyl (C=O) groups excluding carboxylic acids is 1. The summed E-state index contributed by atoms with van der Waals surface area (Å²) in [6.45, 7) is 1.10. The fraction of sp³-hybridized carbons (Fsp3) is 0.217. The lowest BCUT2D eigenvalue weighted by atomic mass is 10.1. The second kappa shape index (κ2) is 8.28. The maximum atomic E-state index is 12.2. The monoisotopic (exact) mass is 463 g/mol. The van der Waals surface area contributed by atoms with Crippen LogP contribution in [0.25, 0.3) is 22.6 Å². The number of amides is 1. The smallest absolute Gasteiger partial charge is 0.222 e. The Balaban J connectivity index is 1.54. The molecule has 9 nitrogen and oxygen atoms in total. The molecule has 5 rings (SSSR count). The van der Waals surface area contributed by atoms with Gasteiger partial charge < -0.3 is 14.6 Å². The van der Waals surface area contributed by atoms with E-state index in [9.17, 15) is 13.2 Å². The molecule has 10 heteroatoms. The minimum absolute atomic E-state index is 0.0273. The number of pyridine rings is 2. The summed E-state index contributed by atoms with van der Waals surface area (Å²) in [7, 11) is -3.41. The molecule has 3 aromatic heterocycles. The number of imidazole rings is 1. The molecule has 1 aliphatic heterocycles. The van der Waals surface area contributed by atoms with Gasteiger partial charge in [-0.3, -0.25) is 9.78 Å². The Morgan fingerprint density at radius 1 is 1.15 bits per heavy atom. The van der Waals surface area contributed by atoms with Crippen molar-refractivity contribution in [2.45, 2.75) is 24.4 Å². The Morgan fingerprint density at radius 2 is 2.03 bits per heavy atom. The van der Waals surface area contributed by atoms with Crippen LogP contribution in [-0.4, -0.2) is 52.0 Å². The summed E-state index contributed by atoms with van der Waals surface area (Å²) in [5, 5.41) is -0.0273. The molecule has 1 amide bonds. The van der Waals surface area contributed by atoms with Crippen LogP contribution in [0.4, 0.5) is 0 Å². The Labute approximate surface area is 190 Å². The minimum atomic E-state index is -3.41. The van der Waals surface area contributed by atoms with Crippen molar-refractivity contribution >= 4 is 26.8 Å². The highest BCUT2D eigenvalue weighted by atomic mass is 32.2. The van der Waals surface area contributed by atoms with Crippen molar-refractivity contribution in [2.75, 3.05) is 12.8 Å². The van der Waals surface area contributed by atoms with Crippen molar-refractivity contribution in [3.63, 3.8) is 0 Å². The van der Waals surface area contributed by atoms with Gasteiger partial charge in [-0.05, 0) is 36.8 Å². The van der Waals surface area contributed by atoms with E-state index in [4.69, 9.17) is 4.74 Å². The van der Waals surface area contributed by atoms with Gasteiger partial charge in [0, 0.05) is 43.6 Å². The lowest BCUT2D eigenvalue weighted by molar-refractivity contribution is -0.128. The average Bonchev–Trinajstić information content (AvgIpc) is 3.40. The summed E-state index contributed by atoms with van der Waals surface area (Å²) in [4.78, 5) is 30.3. The summed E-state index contributed by atoms with van der Waals surface area (Å²) in [5.41, 5.74) is 3.01. The molecule has 168 valence electrons. The topological polar surface area (TPSA) is 118 Å². The van der Waals surface area contributed by atoms with Crippen LogP contribution in [0.2, 0.25) is 0 Å². The number of rotatable bonds is 6. The third-order valence-corrected chi connectivity index (χ3v) is 6.42. The van der Waals surface area contributed by atoms with E-state index in [0.717, 1.165) is 23.8 Å². The number of H-pyrrole nitrogens is 1. The van der Waals surface area contributed by atoms with Gasteiger partial charge in [-0.15, -0.1) is 0 Å². The number of fused-ring (bicyclic) bond motifs is 1. The second-order valence-corrected chi connectivity index (χ2v) is 9.87. The van der Waals surface area contributed by atoms with E-state index in [1.807, 2.05) is 24.3 Å². The van der Waals surface area contributed by atoms with Gasteiger partial charge in [-0.25, -0.2) is 18.4 Å². The van der Waals surface area contributed by atoms with Gasteiger partial charge in [-0.1, -0.05) is 6.07 Å². The summed E-state index contributed by atoms with van der Waals surface area (Å²) in [5.74, 6) is 1.65. The molecule has 0 radical (unpaired) electrons. The largest absolute Gasteiger partial charge is 0.455 e. The van der Waals surface area contributed by atoms with Crippen LogP contribution in [0, 0.1) is 0 Å². The maximum Gasteiger partial charge on any atom is 0.222 e. The van der Waals surface area contributed by atoms with Gasteiger partial charge in [0.05, 0.1) is 17.2 Å². The first-order chi connectivity index (χ1) is 15.9. The molecule has 1 aliphatic rings. The van der Waals surface area contributed by atoms with Gasteiger partial charge in [-0.2, -0.15) is 0 Å². The second-order valence-electron chi connectivity index (χ2n) is 7.90. The lowest BCUT2D eigenvalue weighted by Crippen LogP contribution is -2.24. The molecule has 1 aromatic carbocycles. The van der Waals surface area contributed by atoms with Crippen LogP contribution >= 0.6 is 0 Å². The first-order valence-electron chi connectivity index (χ1n) is 10.4. The standard InChI is InChI=1S/C23H21N5O4S/c1-33(30,31)21-8-7-16(13-25-21)32-20-12-19-18(11-15(20)14-28-10-4-6-22(28)29)26-23(27-19)17-5-2-3-9-24-17/h2-3,5,7-9,11-13H,4,6,10,14H2,1H3,(H,26,27). The molecule has 1 N–H and O–H groups in total. The van der Waals surface area contributed by atoms with Crippen molar-refractivity contribution in [1.29, 1.82) is 0 Å². The van der Waals surface area contributed by atoms with Gasteiger partial charge >= 0.3 is 0 Å². The van der Waals surface area contributed by atoms with E-state index in [1.165, 1.54) is 12.3 Å². The fourth-order valence-electron chi connectivity index (χ4n) is 3.78. The number of ether oxygens (including phenoxy) is 1.